The molecule has 2 aliphatic rings. The van der Waals surface area contributed by atoms with Crippen molar-refractivity contribution >= 4 is 7.60 Å². The zero-order valence-corrected chi connectivity index (χ0v) is 25.1. The van der Waals surface area contributed by atoms with Crippen LogP contribution in [0, 0.1) is 5.92 Å². The molecule has 1 heterocycles. The Morgan fingerprint density at radius 1 is 0.614 bits per heavy atom. The molecule has 6 rings (SSSR count). The Balaban J connectivity index is 1.35. The highest BCUT2D eigenvalue weighted by Crippen LogP contribution is 2.61. The van der Waals surface area contributed by atoms with Gasteiger partial charge in [-0.15, -0.1) is 0 Å². The van der Waals surface area contributed by atoms with E-state index in [9.17, 15) is 14.4 Å². The zero-order valence-electron chi connectivity index (χ0n) is 24.2. The lowest BCUT2D eigenvalue weighted by molar-refractivity contribution is -0.307. The fraction of sp³-hybridized carbons (Fsp3) is 0.314. The number of benzene rings is 4. The average molecular weight is 617 g/mol. The largest absolute Gasteiger partial charge is 0.462 e. The highest BCUT2D eigenvalue weighted by atomic mass is 31.2. The van der Waals surface area contributed by atoms with Gasteiger partial charge < -0.3 is 33.5 Å². The third-order valence-electron chi connectivity index (χ3n) is 8.04. The second-order valence-electron chi connectivity index (χ2n) is 11.2. The summed E-state index contributed by atoms with van der Waals surface area (Å²) in [5.41, 5.74) is 2.09. The van der Waals surface area contributed by atoms with Gasteiger partial charge in [0.1, 0.15) is 24.1 Å². The number of hydrogen-bond donors (Lipinski definition) is 2. The van der Waals surface area contributed by atoms with Gasteiger partial charge in [0.2, 0.25) is 6.29 Å². The van der Waals surface area contributed by atoms with Gasteiger partial charge in [-0.3, -0.25) is 4.57 Å². The van der Waals surface area contributed by atoms with Crippen molar-refractivity contribution in [3.63, 3.8) is 0 Å². The topological polar surface area (TPSA) is 104 Å². The van der Waals surface area contributed by atoms with Crippen LogP contribution in [0.5, 0.6) is 5.75 Å². The van der Waals surface area contributed by atoms with Crippen molar-refractivity contribution in [3.05, 3.63) is 138 Å². The van der Waals surface area contributed by atoms with E-state index >= 15 is 0 Å². The molecule has 0 spiro atoms. The maximum Gasteiger partial charge on any atom is 0.328 e. The lowest BCUT2D eigenvalue weighted by Gasteiger charge is -2.46. The quantitative estimate of drug-likeness (QED) is 0.174. The van der Waals surface area contributed by atoms with Crippen LogP contribution < -0.4 is 4.74 Å². The van der Waals surface area contributed by atoms with Crippen LogP contribution >= 0.6 is 7.60 Å². The summed E-state index contributed by atoms with van der Waals surface area (Å²) < 4.78 is 45.2. The van der Waals surface area contributed by atoms with Gasteiger partial charge >= 0.3 is 7.60 Å². The van der Waals surface area contributed by atoms with E-state index in [0.717, 1.165) is 16.7 Å². The molecular weight excluding hydrogens is 579 g/mol. The third kappa shape index (κ3) is 7.84. The molecular formula is C35H37O8P. The number of para-hydroxylation sites is 1. The molecule has 1 saturated carbocycles. The van der Waals surface area contributed by atoms with Crippen molar-refractivity contribution in [2.75, 3.05) is 0 Å². The lowest BCUT2D eigenvalue weighted by Crippen LogP contribution is -2.62. The van der Waals surface area contributed by atoms with Gasteiger partial charge in [-0.1, -0.05) is 109 Å². The van der Waals surface area contributed by atoms with Crippen LogP contribution in [0.3, 0.4) is 0 Å². The average Bonchev–Trinajstić information content (AvgIpc) is 3.86. The molecule has 0 bridgehead atoms. The number of ether oxygens (including phenoxy) is 5. The van der Waals surface area contributed by atoms with Crippen molar-refractivity contribution in [3.8, 4) is 5.75 Å². The van der Waals surface area contributed by atoms with Gasteiger partial charge in [0.05, 0.1) is 31.6 Å². The van der Waals surface area contributed by atoms with E-state index in [4.69, 9.17) is 23.7 Å². The summed E-state index contributed by atoms with van der Waals surface area (Å²) in [6.07, 6.45) is -3.43. The summed E-state index contributed by atoms with van der Waals surface area (Å²) in [4.78, 5) is 20.1. The molecule has 1 aliphatic carbocycles. The van der Waals surface area contributed by atoms with E-state index in [1.807, 2.05) is 121 Å². The monoisotopic (exact) mass is 616 g/mol. The van der Waals surface area contributed by atoms with Gasteiger partial charge in [-0.25, -0.2) is 0 Å². The fourth-order valence-electron chi connectivity index (χ4n) is 5.70. The Labute approximate surface area is 257 Å². The van der Waals surface area contributed by atoms with E-state index in [0.29, 0.717) is 12.2 Å². The maximum atomic E-state index is 12.3. The summed E-state index contributed by atoms with van der Waals surface area (Å²) >= 11 is 0. The van der Waals surface area contributed by atoms with E-state index in [2.05, 4.69) is 0 Å². The van der Waals surface area contributed by atoms with Gasteiger partial charge in [-0.05, 0) is 35.2 Å². The van der Waals surface area contributed by atoms with Crippen LogP contribution in [0.4, 0.5) is 0 Å². The maximum absolute atomic E-state index is 12.3. The van der Waals surface area contributed by atoms with Crippen molar-refractivity contribution in [2.24, 2.45) is 5.92 Å². The van der Waals surface area contributed by atoms with Crippen LogP contribution in [0.15, 0.2) is 121 Å². The van der Waals surface area contributed by atoms with Crippen LogP contribution in [0.1, 0.15) is 23.1 Å². The molecule has 7 atom stereocenters. The molecule has 4 aromatic rings. The Kier molecular flexibility index (Phi) is 9.89. The standard InChI is InChI=1S/C35H37O8P/c36-44(37,38)30-21-29(30)31-32(39-22-25-13-5-1-6-14-25)33(40-23-26-15-7-2-8-16-26)34(41-24-27-17-9-3-10-18-27)35(43-31)42-28-19-11-4-12-20-28/h1-20,29-35H,21-24H2,(H2,36,37,38)/t29?,30?,31-,32?,33+,34+,35+/m1/s1. The molecule has 230 valence electrons. The predicted octanol–water partition coefficient (Wildman–Crippen LogP) is 6.11. The van der Waals surface area contributed by atoms with Crippen molar-refractivity contribution in [2.45, 2.75) is 62.6 Å². The SMILES string of the molecule is O=P(O)(O)C1CC1[C@H]1O[C@H](Oc2ccccc2)[C@@H](OCc2ccccc2)[C@@H](OCc2ccccc2)C1OCc1ccccc1. The minimum atomic E-state index is -4.34. The second-order valence-corrected chi connectivity index (χ2v) is 13.1. The van der Waals surface area contributed by atoms with E-state index in [-0.39, 0.29) is 19.8 Å². The molecule has 2 fully saturated rings. The van der Waals surface area contributed by atoms with Crippen LogP contribution in [-0.4, -0.2) is 46.2 Å². The van der Waals surface area contributed by atoms with Crippen molar-refractivity contribution in [1.29, 1.82) is 0 Å². The molecule has 0 amide bonds. The van der Waals surface area contributed by atoms with Crippen molar-refractivity contribution in [1.82, 2.24) is 0 Å². The van der Waals surface area contributed by atoms with Crippen LogP contribution in [0.25, 0.3) is 0 Å². The summed E-state index contributed by atoms with van der Waals surface area (Å²) in [5.74, 6) is 0.147. The summed E-state index contributed by atoms with van der Waals surface area (Å²) in [6, 6.07) is 38.7. The first-order valence-corrected chi connectivity index (χ1v) is 16.5. The second kappa shape index (κ2) is 14.2. The minimum absolute atomic E-state index is 0.263. The molecule has 44 heavy (non-hydrogen) atoms. The van der Waals surface area contributed by atoms with Gasteiger partial charge in [0.25, 0.3) is 0 Å². The highest BCUT2D eigenvalue weighted by Gasteiger charge is 2.61. The fourth-order valence-corrected chi connectivity index (χ4v) is 6.89. The molecule has 4 aromatic carbocycles. The Morgan fingerprint density at radius 3 is 1.50 bits per heavy atom. The molecule has 2 N–H and O–H groups in total. The Morgan fingerprint density at radius 2 is 1.05 bits per heavy atom. The van der Waals surface area contributed by atoms with Crippen LogP contribution in [0.2, 0.25) is 0 Å². The highest BCUT2D eigenvalue weighted by molar-refractivity contribution is 7.53. The molecule has 3 unspecified atom stereocenters. The van der Waals surface area contributed by atoms with E-state index < -0.39 is 49.9 Å². The molecule has 8 nitrogen and oxygen atoms in total. The zero-order chi connectivity index (χ0) is 30.4. The Hall–Kier alpha value is -3.33. The first-order chi connectivity index (χ1) is 21.5. The lowest BCUT2D eigenvalue weighted by atomic mass is 9.94. The number of hydrogen-bond acceptors (Lipinski definition) is 6. The normalized spacial score (nSPS) is 26.6. The molecule has 1 saturated heterocycles. The molecule has 0 radical (unpaired) electrons. The Bertz CT molecular complexity index is 1480. The van der Waals surface area contributed by atoms with Crippen molar-refractivity contribution < 1.29 is 38.0 Å². The minimum Gasteiger partial charge on any atom is -0.462 e. The first kappa shape index (κ1) is 30.7. The smallest absolute Gasteiger partial charge is 0.328 e. The number of rotatable bonds is 13. The van der Waals surface area contributed by atoms with E-state index in [1.165, 1.54) is 0 Å². The van der Waals surface area contributed by atoms with E-state index in [1.54, 1.807) is 0 Å². The van der Waals surface area contributed by atoms with Gasteiger partial charge in [0, 0.05) is 5.92 Å². The third-order valence-corrected chi connectivity index (χ3v) is 9.50. The van der Waals surface area contributed by atoms with Gasteiger partial charge in [-0.2, -0.15) is 0 Å². The predicted molar refractivity (Wildman–Crippen MR) is 165 cm³/mol. The molecule has 1 aliphatic heterocycles. The molecule has 9 heteroatoms. The summed E-state index contributed by atoms with van der Waals surface area (Å²) in [6.45, 7) is 0.818. The first-order valence-electron chi connectivity index (χ1n) is 14.8. The molecule has 0 aromatic heterocycles. The summed E-state index contributed by atoms with van der Waals surface area (Å²) in [7, 11) is -4.34. The van der Waals surface area contributed by atoms with Crippen LogP contribution in [-0.2, 0) is 43.3 Å². The van der Waals surface area contributed by atoms with Gasteiger partial charge in [0.15, 0.2) is 0 Å². The summed E-state index contributed by atoms with van der Waals surface area (Å²) in [5, 5.41) is 0.